The van der Waals surface area contributed by atoms with E-state index in [1.165, 1.54) is 0 Å². The Labute approximate surface area is 138 Å². The van der Waals surface area contributed by atoms with Crippen molar-refractivity contribution < 1.29 is 9.59 Å². The summed E-state index contributed by atoms with van der Waals surface area (Å²) in [5.41, 5.74) is 1.99. The predicted molar refractivity (Wildman–Crippen MR) is 94.8 cm³/mol. The molecule has 0 aliphatic heterocycles. The highest BCUT2D eigenvalue weighted by Crippen LogP contribution is 2.33. The van der Waals surface area contributed by atoms with Gasteiger partial charge in [-0.2, -0.15) is 0 Å². The zero-order valence-corrected chi connectivity index (χ0v) is 12.7. The first-order chi connectivity index (χ1) is 11.7. The first-order valence-electron chi connectivity index (χ1n) is 7.88. The quantitative estimate of drug-likeness (QED) is 0.386. The van der Waals surface area contributed by atoms with E-state index >= 15 is 0 Å². The molecule has 1 aliphatic carbocycles. The summed E-state index contributed by atoms with van der Waals surface area (Å²) in [6.45, 7) is 0. The highest BCUT2D eigenvalue weighted by molar-refractivity contribution is 6.30. The average molecular weight is 308 g/mol. The predicted octanol–water partition coefficient (Wildman–Crippen LogP) is 4.77. The summed E-state index contributed by atoms with van der Waals surface area (Å²) in [6.07, 6.45) is 0. The molecular weight excluding hydrogens is 296 g/mol. The first-order valence-corrected chi connectivity index (χ1v) is 7.88. The Morgan fingerprint density at radius 2 is 1.04 bits per heavy atom. The molecule has 0 N–H and O–H groups in total. The minimum Gasteiger partial charge on any atom is -0.289 e. The summed E-state index contributed by atoms with van der Waals surface area (Å²) in [5, 5.41) is 4.21. The third-order valence-corrected chi connectivity index (χ3v) is 4.79. The number of ketones is 2. The van der Waals surface area contributed by atoms with Crippen molar-refractivity contribution in [2.24, 2.45) is 0 Å². The molecule has 0 unspecified atom stereocenters. The van der Waals surface area contributed by atoms with Crippen LogP contribution in [0.5, 0.6) is 0 Å². The average Bonchev–Trinajstić information content (AvgIpc) is 2.65. The van der Waals surface area contributed by atoms with Gasteiger partial charge in [0.25, 0.3) is 0 Å². The Bertz CT molecular complexity index is 1190. The van der Waals surface area contributed by atoms with E-state index in [0.29, 0.717) is 22.3 Å². The number of rotatable bonds is 0. The van der Waals surface area contributed by atoms with Gasteiger partial charge in [0.05, 0.1) is 0 Å². The number of hydrogen-bond donors (Lipinski definition) is 0. The van der Waals surface area contributed by atoms with Crippen LogP contribution in [-0.4, -0.2) is 11.6 Å². The zero-order chi connectivity index (χ0) is 16.3. The molecule has 0 bridgehead atoms. The fourth-order valence-corrected chi connectivity index (χ4v) is 3.60. The van der Waals surface area contributed by atoms with Gasteiger partial charge in [-0.05, 0) is 33.7 Å². The van der Waals surface area contributed by atoms with Gasteiger partial charge in [0, 0.05) is 22.3 Å². The van der Waals surface area contributed by atoms with Crippen LogP contribution < -0.4 is 0 Å². The van der Waals surface area contributed by atoms with Crippen LogP contribution in [0.25, 0.3) is 21.5 Å². The molecule has 0 saturated heterocycles. The van der Waals surface area contributed by atoms with Crippen LogP contribution in [0.4, 0.5) is 0 Å². The maximum Gasteiger partial charge on any atom is 0.194 e. The fourth-order valence-electron chi connectivity index (χ4n) is 3.60. The molecule has 0 fully saturated rings. The van der Waals surface area contributed by atoms with Crippen molar-refractivity contribution in [2.45, 2.75) is 0 Å². The second kappa shape index (κ2) is 4.62. The first kappa shape index (κ1) is 13.2. The Balaban J connectivity index is 1.89. The molecule has 0 spiro atoms. The lowest BCUT2D eigenvalue weighted by atomic mass is 9.82. The van der Waals surface area contributed by atoms with Crippen LogP contribution >= 0.6 is 0 Å². The number of hydrogen-bond acceptors (Lipinski definition) is 2. The van der Waals surface area contributed by atoms with Crippen molar-refractivity contribution in [2.75, 3.05) is 0 Å². The molecule has 0 radical (unpaired) electrons. The fraction of sp³-hybridized carbons (Fsp3) is 0. The van der Waals surface area contributed by atoms with Gasteiger partial charge in [0.1, 0.15) is 0 Å². The largest absolute Gasteiger partial charge is 0.289 e. The van der Waals surface area contributed by atoms with Crippen LogP contribution in [0.15, 0.2) is 72.8 Å². The van der Waals surface area contributed by atoms with Crippen LogP contribution in [0.3, 0.4) is 0 Å². The monoisotopic (exact) mass is 308 g/mol. The van der Waals surface area contributed by atoms with E-state index in [0.717, 1.165) is 21.5 Å². The minimum atomic E-state index is -0.0740. The molecule has 0 atom stereocenters. The van der Waals surface area contributed by atoms with E-state index in [2.05, 4.69) is 6.07 Å². The van der Waals surface area contributed by atoms with Gasteiger partial charge in [-0.1, -0.05) is 60.7 Å². The highest BCUT2D eigenvalue weighted by Gasteiger charge is 2.29. The smallest absolute Gasteiger partial charge is 0.194 e. The molecule has 0 saturated carbocycles. The second-order valence-corrected chi connectivity index (χ2v) is 6.11. The summed E-state index contributed by atoms with van der Waals surface area (Å²) in [5.74, 6) is -0.148. The molecule has 4 aromatic carbocycles. The SMILES string of the molecule is O=C1c2ccccc2C(=O)c2cc3c(ccc4ccccc43)cc21. The van der Waals surface area contributed by atoms with Crippen LogP contribution in [0, 0.1) is 0 Å². The third-order valence-electron chi connectivity index (χ3n) is 4.79. The summed E-state index contributed by atoms with van der Waals surface area (Å²) in [6, 6.07) is 22.9. The second-order valence-electron chi connectivity index (χ2n) is 6.11. The molecular formula is C22H12O2. The maximum atomic E-state index is 12.9. The van der Waals surface area contributed by atoms with E-state index < -0.39 is 0 Å². The molecule has 2 heteroatoms. The lowest BCUT2D eigenvalue weighted by molar-refractivity contribution is 0.0979. The zero-order valence-electron chi connectivity index (χ0n) is 12.7. The molecule has 24 heavy (non-hydrogen) atoms. The molecule has 0 heterocycles. The van der Waals surface area contributed by atoms with Gasteiger partial charge in [-0.3, -0.25) is 9.59 Å². The van der Waals surface area contributed by atoms with Gasteiger partial charge in [0.2, 0.25) is 0 Å². The Morgan fingerprint density at radius 1 is 0.458 bits per heavy atom. The lowest BCUT2D eigenvalue weighted by Crippen LogP contribution is -2.20. The summed E-state index contributed by atoms with van der Waals surface area (Å²) in [4.78, 5) is 25.7. The molecule has 4 aromatic rings. The van der Waals surface area contributed by atoms with E-state index in [-0.39, 0.29) is 11.6 Å². The molecule has 112 valence electrons. The standard InChI is InChI=1S/C22H12O2/c23-21-16-7-3-4-8-17(16)22(24)20-12-18-14(11-19(20)21)10-9-13-5-1-2-6-15(13)18/h1-12H. The van der Waals surface area contributed by atoms with Crippen molar-refractivity contribution in [3.8, 4) is 0 Å². The van der Waals surface area contributed by atoms with Crippen LogP contribution in [-0.2, 0) is 0 Å². The minimum absolute atomic E-state index is 0.0738. The Hall–Kier alpha value is -3.26. The third kappa shape index (κ3) is 1.65. The van der Waals surface area contributed by atoms with E-state index in [9.17, 15) is 9.59 Å². The number of benzene rings is 4. The number of fused-ring (bicyclic) bond motifs is 5. The number of carbonyl (C=O) groups is 2. The summed E-state index contributed by atoms with van der Waals surface area (Å²) in [7, 11) is 0. The normalized spacial score (nSPS) is 13.2. The Kier molecular flexibility index (Phi) is 2.54. The topological polar surface area (TPSA) is 34.1 Å². The summed E-state index contributed by atoms with van der Waals surface area (Å²) >= 11 is 0. The van der Waals surface area contributed by atoms with Crippen molar-refractivity contribution >= 4 is 33.1 Å². The molecule has 1 aliphatic rings. The van der Waals surface area contributed by atoms with Gasteiger partial charge >= 0.3 is 0 Å². The maximum absolute atomic E-state index is 12.9. The van der Waals surface area contributed by atoms with E-state index in [1.54, 1.807) is 24.3 Å². The van der Waals surface area contributed by atoms with E-state index in [1.807, 2.05) is 42.5 Å². The van der Waals surface area contributed by atoms with Crippen LogP contribution in [0.1, 0.15) is 31.8 Å². The molecule has 5 rings (SSSR count). The lowest BCUT2D eigenvalue weighted by Gasteiger charge is -2.18. The van der Waals surface area contributed by atoms with Crippen molar-refractivity contribution in [1.29, 1.82) is 0 Å². The van der Waals surface area contributed by atoms with Gasteiger partial charge in [0.15, 0.2) is 11.6 Å². The van der Waals surface area contributed by atoms with Crippen molar-refractivity contribution in [3.05, 3.63) is 95.1 Å². The summed E-state index contributed by atoms with van der Waals surface area (Å²) < 4.78 is 0. The highest BCUT2D eigenvalue weighted by atomic mass is 16.1. The van der Waals surface area contributed by atoms with Gasteiger partial charge in [-0.25, -0.2) is 0 Å². The Morgan fingerprint density at radius 3 is 1.79 bits per heavy atom. The van der Waals surface area contributed by atoms with E-state index in [4.69, 9.17) is 0 Å². The molecule has 0 amide bonds. The van der Waals surface area contributed by atoms with Crippen molar-refractivity contribution in [1.82, 2.24) is 0 Å². The van der Waals surface area contributed by atoms with Gasteiger partial charge < -0.3 is 0 Å². The van der Waals surface area contributed by atoms with Crippen LogP contribution in [0.2, 0.25) is 0 Å². The number of carbonyl (C=O) groups excluding carboxylic acids is 2. The van der Waals surface area contributed by atoms with Gasteiger partial charge in [-0.15, -0.1) is 0 Å². The van der Waals surface area contributed by atoms with Crippen molar-refractivity contribution in [3.63, 3.8) is 0 Å². The molecule has 2 nitrogen and oxygen atoms in total. The molecule has 0 aromatic heterocycles.